The lowest BCUT2D eigenvalue weighted by atomic mass is 10.0. The van der Waals surface area contributed by atoms with Crippen molar-refractivity contribution < 1.29 is 18.3 Å². The van der Waals surface area contributed by atoms with Crippen molar-refractivity contribution in [2.45, 2.75) is 25.7 Å². The average Bonchev–Trinajstić information content (AvgIpc) is 2.82. The number of hydrogen-bond acceptors (Lipinski definition) is 4. The standard InChI is InChI=1S/C28H26N2O4S/c1-18-4-15-26(20(3)16-18)30-35(33,34)27-17-24(12-5-19(27)2)29-28(32)23-8-6-21(7-9-23)22-10-13-25(31)14-11-22/h4-17,30-31H,1-3H3,(H,29,32). The number of aryl methyl sites for hydroxylation is 3. The minimum absolute atomic E-state index is 0.0953. The Labute approximate surface area is 205 Å². The Bertz CT molecular complexity index is 1490. The number of amides is 1. The quantitative estimate of drug-likeness (QED) is 0.310. The summed E-state index contributed by atoms with van der Waals surface area (Å²) in [5.74, 6) is -0.162. The molecule has 0 aliphatic carbocycles. The molecular formula is C28H26N2O4S. The fourth-order valence-electron chi connectivity index (χ4n) is 3.77. The van der Waals surface area contributed by atoms with E-state index in [0.717, 1.165) is 22.3 Å². The predicted molar refractivity (Wildman–Crippen MR) is 139 cm³/mol. The summed E-state index contributed by atoms with van der Waals surface area (Å²) in [5, 5.41) is 12.2. The van der Waals surface area contributed by atoms with Crippen molar-refractivity contribution >= 4 is 27.3 Å². The van der Waals surface area contributed by atoms with Gasteiger partial charge in [0.2, 0.25) is 0 Å². The first-order chi connectivity index (χ1) is 16.6. The Kier molecular flexibility index (Phi) is 6.62. The minimum Gasteiger partial charge on any atom is -0.508 e. The van der Waals surface area contributed by atoms with Gasteiger partial charge in [-0.15, -0.1) is 0 Å². The van der Waals surface area contributed by atoms with Crippen molar-refractivity contribution in [1.82, 2.24) is 0 Å². The molecule has 0 aromatic heterocycles. The van der Waals surface area contributed by atoms with Gasteiger partial charge in [0, 0.05) is 11.3 Å². The average molecular weight is 487 g/mol. The number of carbonyl (C=O) groups excluding carboxylic acids is 1. The first-order valence-electron chi connectivity index (χ1n) is 11.0. The van der Waals surface area contributed by atoms with Gasteiger partial charge < -0.3 is 10.4 Å². The first kappa shape index (κ1) is 24.0. The summed E-state index contributed by atoms with van der Waals surface area (Å²) in [6, 6.07) is 24.1. The van der Waals surface area contributed by atoms with Crippen LogP contribution < -0.4 is 10.0 Å². The summed E-state index contributed by atoms with van der Waals surface area (Å²) < 4.78 is 28.9. The molecule has 0 fully saturated rings. The third-order valence-electron chi connectivity index (χ3n) is 5.71. The topological polar surface area (TPSA) is 95.5 Å². The lowest BCUT2D eigenvalue weighted by Crippen LogP contribution is -2.16. The summed E-state index contributed by atoms with van der Waals surface area (Å²) in [5.41, 5.74) is 5.59. The van der Waals surface area contributed by atoms with Crippen molar-refractivity contribution in [3.63, 3.8) is 0 Å². The number of sulfonamides is 1. The second kappa shape index (κ2) is 9.64. The molecule has 4 aromatic carbocycles. The van der Waals surface area contributed by atoms with E-state index in [0.29, 0.717) is 22.5 Å². The zero-order chi connectivity index (χ0) is 25.2. The van der Waals surface area contributed by atoms with Crippen molar-refractivity contribution in [3.8, 4) is 16.9 Å². The van der Waals surface area contributed by atoms with Crippen LogP contribution in [0.4, 0.5) is 11.4 Å². The predicted octanol–water partition coefficient (Wildman–Crippen LogP) is 6.04. The van der Waals surface area contributed by atoms with Gasteiger partial charge in [0.1, 0.15) is 5.75 Å². The van der Waals surface area contributed by atoms with Crippen LogP contribution in [0, 0.1) is 20.8 Å². The van der Waals surface area contributed by atoms with Crippen LogP contribution >= 0.6 is 0 Å². The number of aromatic hydroxyl groups is 1. The molecule has 0 unspecified atom stereocenters. The zero-order valence-electron chi connectivity index (χ0n) is 19.7. The van der Waals surface area contributed by atoms with E-state index < -0.39 is 10.0 Å². The van der Waals surface area contributed by atoms with Gasteiger partial charge in [-0.3, -0.25) is 9.52 Å². The van der Waals surface area contributed by atoms with Gasteiger partial charge in [-0.2, -0.15) is 0 Å². The number of phenolic OH excluding ortho intramolecular Hbond substituents is 1. The van der Waals surface area contributed by atoms with Crippen LogP contribution in [0.5, 0.6) is 5.75 Å². The zero-order valence-corrected chi connectivity index (χ0v) is 20.5. The van der Waals surface area contributed by atoms with E-state index in [-0.39, 0.29) is 16.6 Å². The Morgan fingerprint density at radius 1 is 0.743 bits per heavy atom. The second-order valence-corrected chi connectivity index (χ2v) is 10.1. The molecule has 0 saturated carbocycles. The van der Waals surface area contributed by atoms with E-state index in [2.05, 4.69) is 10.0 Å². The Balaban J connectivity index is 1.53. The lowest BCUT2D eigenvalue weighted by Gasteiger charge is -2.14. The van der Waals surface area contributed by atoms with Crippen LogP contribution in [0.2, 0.25) is 0 Å². The van der Waals surface area contributed by atoms with Crippen molar-refractivity contribution in [1.29, 1.82) is 0 Å². The lowest BCUT2D eigenvalue weighted by molar-refractivity contribution is 0.102. The molecule has 0 atom stereocenters. The molecule has 6 nitrogen and oxygen atoms in total. The highest BCUT2D eigenvalue weighted by Crippen LogP contribution is 2.26. The number of nitrogens with one attached hydrogen (secondary N) is 2. The molecule has 7 heteroatoms. The number of benzene rings is 4. The maximum Gasteiger partial charge on any atom is 0.262 e. The second-order valence-electron chi connectivity index (χ2n) is 8.48. The van der Waals surface area contributed by atoms with E-state index in [1.54, 1.807) is 61.5 Å². The molecule has 1 amide bonds. The highest BCUT2D eigenvalue weighted by atomic mass is 32.2. The van der Waals surface area contributed by atoms with Crippen LogP contribution in [0.15, 0.2) is 89.8 Å². The summed E-state index contributed by atoms with van der Waals surface area (Å²) >= 11 is 0. The smallest absolute Gasteiger partial charge is 0.262 e. The van der Waals surface area contributed by atoms with Gasteiger partial charge in [-0.25, -0.2) is 8.42 Å². The van der Waals surface area contributed by atoms with Gasteiger partial charge in [0.25, 0.3) is 15.9 Å². The SMILES string of the molecule is Cc1ccc(NS(=O)(=O)c2cc(NC(=O)c3ccc(-c4ccc(O)cc4)cc3)ccc2C)c(C)c1. The van der Waals surface area contributed by atoms with Gasteiger partial charge in [0.05, 0.1) is 10.6 Å². The summed E-state index contributed by atoms with van der Waals surface area (Å²) in [6.07, 6.45) is 0. The maximum absolute atomic E-state index is 13.1. The van der Waals surface area contributed by atoms with Crippen molar-refractivity contribution in [2.24, 2.45) is 0 Å². The monoisotopic (exact) mass is 486 g/mol. The van der Waals surface area contributed by atoms with Crippen LogP contribution in [-0.2, 0) is 10.0 Å². The molecule has 0 bridgehead atoms. The van der Waals surface area contributed by atoms with Crippen LogP contribution in [0.1, 0.15) is 27.0 Å². The van der Waals surface area contributed by atoms with E-state index in [4.69, 9.17) is 0 Å². The van der Waals surface area contributed by atoms with E-state index in [9.17, 15) is 18.3 Å². The van der Waals surface area contributed by atoms with Gasteiger partial charge in [-0.1, -0.05) is 48.0 Å². The fourth-order valence-corrected chi connectivity index (χ4v) is 5.17. The molecule has 3 N–H and O–H groups in total. The molecular weight excluding hydrogens is 460 g/mol. The molecule has 178 valence electrons. The van der Waals surface area contributed by atoms with Gasteiger partial charge >= 0.3 is 0 Å². The van der Waals surface area contributed by atoms with E-state index in [1.807, 2.05) is 38.1 Å². The molecule has 0 spiro atoms. The third-order valence-corrected chi connectivity index (χ3v) is 7.22. The Morgan fingerprint density at radius 3 is 2.00 bits per heavy atom. The Morgan fingerprint density at radius 2 is 1.37 bits per heavy atom. The van der Waals surface area contributed by atoms with Crippen LogP contribution in [0.25, 0.3) is 11.1 Å². The summed E-state index contributed by atoms with van der Waals surface area (Å²) in [7, 11) is -3.86. The highest BCUT2D eigenvalue weighted by Gasteiger charge is 2.19. The summed E-state index contributed by atoms with van der Waals surface area (Å²) in [4.78, 5) is 12.9. The molecule has 35 heavy (non-hydrogen) atoms. The van der Waals surface area contributed by atoms with E-state index in [1.165, 1.54) is 6.07 Å². The largest absolute Gasteiger partial charge is 0.508 e. The normalized spacial score (nSPS) is 11.2. The van der Waals surface area contributed by atoms with Crippen LogP contribution in [-0.4, -0.2) is 19.4 Å². The van der Waals surface area contributed by atoms with E-state index >= 15 is 0 Å². The maximum atomic E-state index is 13.1. The van der Waals surface area contributed by atoms with Gasteiger partial charge in [-0.05, 0) is 85.5 Å². The molecule has 4 rings (SSSR count). The molecule has 0 aliphatic rings. The van der Waals surface area contributed by atoms with Crippen molar-refractivity contribution in [2.75, 3.05) is 10.0 Å². The minimum atomic E-state index is -3.86. The first-order valence-corrected chi connectivity index (χ1v) is 12.5. The number of phenols is 1. The highest BCUT2D eigenvalue weighted by molar-refractivity contribution is 7.92. The molecule has 0 radical (unpaired) electrons. The number of rotatable bonds is 6. The number of carbonyl (C=O) groups is 1. The van der Waals surface area contributed by atoms with Crippen LogP contribution in [0.3, 0.4) is 0 Å². The number of anilines is 2. The fraction of sp³-hybridized carbons (Fsp3) is 0.107. The Hall–Kier alpha value is -4.10. The number of hydrogen-bond donors (Lipinski definition) is 3. The summed E-state index contributed by atoms with van der Waals surface area (Å²) in [6.45, 7) is 5.51. The molecule has 0 aliphatic heterocycles. The molecule has 0 heterocycles. The molecule has 4 aromatic rings. The van der Waals surface area contributed by atoms with Crippen molar-refractivity contribution in [3.05, 3.63) is 107 Å². The molecule has 0 saturated heterocycles. The van der Waals surface area contributed by atoms with Gasteiger partial charge in [0.15, 0.2) is 0 Å². The third kappa shape index (κ3) is 5.53.